The molecule has 0 aliphatic carbocycles. The van der Waals surface area contributed by atoms with Gasteiger partial charge in [-0.2, -0.15) is 17.0 Å². The molecular formula is C12H18N2S2. The summed E-state index contributed by atoms with van der Waals surface area (Å²) >= 11 is 3.61. The van der Waals surface area contributed by atoms with Gasteiger partial charge in [-0.1, -0.05) is 0 Å². The van der Waals surface area contributed by atoms with Crippen LogP contribution in [0.1, 0.15) is 37.4 Å². The van der Waals surface area contributed by atoms with Gasteiger partial charge in [0.2, 0.25) is 0 Å². The SMILES string of the molecule is Cc1nc(CSCCCC(C)(C)C#N)cs1. The summed E-state index contributed by atoms with van der Waals surface area (Å²) in [5, 5.41) is 12.1. The molecule has 0 bridgehead atoms. The largest absolute Gasteiger partial charge is 0.246 e. The quantitative estimate of drug-likeness (QED) is 0.720. The molecule has 0 aromatic carbocycles. The van der Waals surface area contributed by atoms with Crippen LogP contribution in [-0.4, -0.2) is 10.7 Å². The van der Waals surface area contributed by atoms with Crippen molar-refractivity contribution in [1.29, 1.82) is 5.26 Å². The maximum Gasteiger partial charge on any atom is 0.0897 e. The van der Waals surface area contributed by atoms with Gasteiger partial charge in [0.1, 0.15) is 0 Å². The number of hydrogen-bond donors (Lipinski definition) is 0. The van der Waals surface area contributed by atoms with Crippen molar-refractivity contribution in [3.8, 4) is 6.07 Å². The minimum Gasteiger partial charge on any atom is -0.246 e. The summed E-state index contributed by atoms with van der Waals surface area (Å²) in [4.78, 5) is 4.42. The van der Waals surface area contributed by atoms with Crippen molar-refractivity contribution >= 4 is 23.1 Å². The number of aryl methyl sites for hydroxylation is 1. The molecule has 0 saturated carbocycles. The Morgan fingerprint density at radius 3 is 2.88 bits per heavy atom. The van der Waals surface area contributed by atoms with E-state index in [-0.39, 0.29) is 5.41 Å². The molecule has 0 saturated heterocycles. The molecule has 0 radical (unpaired) electrons. The maximum absolute atomic E-state index is 8.87. The molecule has 0 atom stereocenters. The van der Waals surface area contributed by atoms with Crippen molar-refractivity contribution in [3.05, 3.63) is 16.1 Å². The molecular weight excluding hydrogens is 236 g/mol. The number of thioether (sulfide) groups is 1. The summed E-state index contributed by atoms with van der Waals surface area (Å²) in [7, 11) is 0. The lowest BCUT2D eigenvalue weighted by Crippen LogP contribution is -2.07. The highest BCUT2D eigenvalue weighted by molar-refractivity contribution is 7.98. The topological polar surface area (TPSA) is 36.7 Å². The second-order valence-electron chi connectivity index (χ2n) is 4.51. The predicted molar refractivity (Wildman–Crippen MR) is 71.6 cm³/mol. The summed E-state index contributed by atoms with van der Waals surface area (Å²) in [6, 6.07) is 2.33. The lowest BCUT2D eigenvalue weighted by Gasteiger charge is -2.13. The Morgan fingerprint density at radius 1 is 1.56 bits per heavy atom. The first kappa shape index (κ1) is 13.5. The first-order valence-corrected chi connectivity index (χ1v) is 7.47. The monoisotopic (exact) mass is 254 g/mol. The van der Waals surface area contributed by atoms with Gasteiger partial charge in [-0.15, -0.1) is 11.3 Å². The Hall–Kier alpha value is -0.530. The summed E-state index contributed by atoms with van der Waals surface area (Å²) in [6.07, 6.45) is 2.08. The van der Waals surface area contributed by atoms with Crippen LogP contribution < -0.4 is 0 Å². The van der Waals surface area contributed by atoms with Crippen molar-refractivity contribution in [2.24, 2.45) is 5.41 Å². The van der Waals surface area contributed by atoms with E-state index in [9.17, 15) is 0 Å². The van der Waals surface area contributed by atoms with Gasteiger partial charge in [-0.3, -0.25) is 0 Å². The van der Waals surface area contributed by atoms with Crippen LogP contribution in [0.25, 0.3) is 0 Å². The molecule has 1 rings (SSSR count). The second kappa shape index (κ2) is 6.27. The normalized spacial score (nSPS) is 11.4. The van der Waals surface area contributed by atoms with E-state index < -0.39 is 0 Å². The van der Waals surface area contributed by atoms with Crippen molar-refractivity contribution in [3.63, 3.8) is 0 Å². The predicted octanol–water partition coefficient (Wildman–Crippen LogP) is 4.01. The molecule has 0 amide bonds. The summed E-state index contributed by atoms with van der Waals surface area (Å²) in [5.74, 6) is 2.11. The van der Waals surface area contributed by atoms with Crippen LogP contribution in [0, 0.1) is 23.7 Å². The van der Waals surface area contributed by atoms with Gasteiger partial charge in [0.25, 0.3) is 0 Å². The molecule has 0 aliphatic rings. The van der Waals surface area contributed by atoms with Crippen molar-refractivity contribution in [2.45, 2.75) is 39.4 Å². The lowest BCUT2D eigenvalue weighted by molar-refractivity contribution is 0.448. The zero-order valence-corrected chi connectivity index (χ0v) is 11.7. The molecule has 0 aliphatic heterocycles. The highest BCUT2D eigenvalue weighted by Crippen LogP contribution is 2.23. The molecule has 0 fully saturated rings. The summed E-state index contributed by atoms with van der Waals surface area (Å²) in [5.41, 5.74) is 1.02. The van der Waals surface area contributed by atoms with Crippen molar-refractivity contribution in [1.82, 2.24) is 4.98 Å². The summed E-state index contributed by atoms with van der Waals surface area (Å²) < 4.78 is 0. The molecule has 88 valence electrons. The zero-order valence-electron chi connectivity index (χ0n) is 10.1. The average Bonchev–Trinajstić information content (AvgIpc) is 2.64. The molecule has 4 heteroatoms. The fourth-order valence-corrected chi connectivity index (χ4v) is 2.89. The minimum atomic E-state index is -0.169. The highest BCUT2D eigenvalue weighted by Gasteiger charge is 2.15. The van der Waals surface area contributed by atoms with E-state index in [1.165, 1.54) is 5.69 Å². The van der Waals surface area contributed by atoms with Gasteiger partial charge in [0, 0.05) is 11.1 Å². The molecule has 2 nitrogen and oxygen atoms in total. The first-order valence-electron chi connectivity index (χ1n) is 5.43. The molecule has 1 aromatic heterocycles. The van der Waals surface area contributed by atoms with E-state index >= 15 is 0 Å². The van der Waals surface area contributed by atoms with Gasteiger partial charge < -0.3 is 0 Å². The molecule has 16 heavy (non-hydrogen) atoms. The van der Waals surface area contributed by atoms with Crippen LogP contribution >= 0.6 is 23.1 Å². The van der Waals surface area contributed by atoms with Crippen LogP contribution in [0.3, 0.4) is 0 Å². The van der Waals surface area contributed by atoms with Gasteiger partial charge in [-0.05, 0) is 39.4 Å². The van der Waals surface area contributed by atoms with E-state index in [1.54, 1.807) is 11.3 Å². The number of hydrogen-bond acceptors (Lipinski definition) is 4. The van der Waals surface area contributed by atoms with Crippen LogP contribution in [0.15, 0.2) is 5.38 Å². The Morgan fingerprint density at radius 2 is 2.31 bits per heavy atom. The fraction of sp³-hybridized carbons (Fsp3) is 0.667. The number of nitriles is 1. The molecule has 1 aromatic rings. The number of rotatable bonds is 6. The molecule has 1 heterocycles. The van der Waals surface area contributed by atoms with Gasteiger partial charge in [-0.25, -0.2) is 4.98 Å². The van der Waals surface area contributed by atoms with Crippen molar-refractivity contribution < 1.29 is 0 Å². The minimum absolute atomic E-state index is 0.169. The molecule has 0 spiro atoms. The van der Waals surface area contributed by atoms with E-state index in [1.807, 2.05) is 32.5 Å². The lowest BCUT2D eigenvalue weighted by atomic mass is 9.90. The third kappa shape index (κ3) is 5.00. The van der Waals surface area contributed by atoms with Crippen LogP contribution in [0.4, 0.5) is 0 Å². The number of nitrogens with zero attached hydrogens (tertiary/aromatic N) is 2. The smallest absolute Gasteiger partial charge is 0.0897 e. The number of aromatic nitrogens is 1. The third-order valence-electron chi connectivity index (χ3n) is 2.31. The van der Waals surface area contributed by atoms with Crippen LogP contribution in [0.5, 0.6) is 0 Å². The second-order valence-corrected chi connectivity index (χ2v) is 6.68. The van der Waals surface area contributed by atoms with E-state index in [2.05, 4.69) is 16.4 Å². The third-order valence-corrected chi connectivity index (χ3v) is 4.21. The Labute approximate surface area is 106 Å². The van der Waals surface area contributed by atoms with E-state index in [4.69, 9.17) is 5.26 Å². The Kier molecular flexibility index (Phi) is 5.30. The Balaban J connectivity index is 2.11. The van der Waals surface area contributed by atoms with Crippen LogP contribution in [-0.2, 0) is 5.75 Å². The van der Waals surface area contributed by atoms with Gasteiger partial charge in [0.05, 0.1) is 22.2 Å². The molecule has 0 N–H and O–H groups in total. The zero-order chi connectivity index (χ0) is 12.0. The average molecular weight is 254 g/mol. The van der Waals surface area contributed by atoms with E-state index in [0.29, 0.717) is 0 Å². The Bertz CT molecular complexity index is 363. The first-order chi connectivity index (χ1) is 7.53. The number of thiazole rings is 1. The standard InChI is InChI=1S/C12H18N2S2/c1-10-14-11(8-16-10)7-15-6-4-5-12(2,3)9-13/h8H,4-7H2,1-3H3. The van der Waals surface area contributed by atoms with E-state index in [0.717, 1.165) is 29.4 Å². The van der Waals surface area contributed by atoms with Gasteiger partial charge in [0.15, 0.2) is 0 Å². The maximum atomic E-state index is 8.87. The molecule has 0 unspecified atom stereocenters. The summed E-state index contributed by atoms with van der Waals surface area (Å²) in [6.45, 7) is 6.04. The van der Waals surface area contributed by atoms with Crippen molar-refractivity contribution in [2.75, 3.05) is 5.75 Å². The van der Waals surface area contributed by atoms with Gasteiger partial charge >= 0.3 is 0 Å². The van der Waals surface area contributed by atoms with Crippen LogP contribution in [0.2, 0.25) is 0 Å². The fourth-order valence-electron chi connectivity index (χ4n) is 1.32. The highest BCUT2D eigenvalue weighted by atomic mass is 32.2.